The van der Waals surface area contributed by atoms with E-state index in [1.807, 2.05) is 61.7 Å². The Morgan fingerprint density at radius 3 is 2.38 bits per heavy atom. The second-order valence-electron chi connectivity index (χ2n) is 8.88. The van der Waals surface area contributed by atoms with Gasteiger partial charge >= 0.3 is 6.61 Å². The van der Waals surface area contributed by atoms with Gasteiger partial charge in [-0.3, -0.25) is 4.79 Å². The molecule has 0 unspecified atom stereocenters. The molecule has 39 heavy (non-hydrogen) atoms. The molecule has 0 aliphatic rings. The molecule has 1 heterocycles. The van der Waals surface area contributed by atoms with E-state index in [0.29, 0.717) is 17.9 Å². The lowest BCUT2D eigenvalue weighted by Gasteiger charge is -2.11. The number of imidazole rings is 1. The molecule has 0 spiro atoms. The van der Waals surface area contributed by atoms with E-state index in [9.17, 15) is 13.6 Å². The fourth-order valence-electron chi connectivity index (χ4n) is 4.08. The van der Waals surface area contributed by atoms with Crippen LogP contribution in [0.1, 0.15) is 32.3 Å². The van der Waals surface area contributed by atoms with Gasteiger partial charge in [0.2, 0.25) is 5.91 Å². The number of nitrogens with one attached hydrogen (secondary N) is 1. The molecular weight excluding hydrogens is 500 g/mol. The van der Waals surface area contributed by atoms with Gasteiger partial charge in [0.1, 0.15) is 11.5 Å². The minimum absolute atomic E-state index is 0.0197. The average Bonchev–Trinajstić information content (AvgIpc) is 3.40. The van der Waals surface area contributed by atoms with Gasteiger partial charge in [0.05, 0.1) is 24.8 Å². The molecule has 8 heteroatoms. The van der Waals surface area contributed by atoms with E-state index in [2.05, 4.69) is 26.5 Å². The first-order chi connectivity index (χ1) is 19.0. The SMILES string of the molecule is CCCOc1ccc(-c2ccc(OC(F)F)c(/C=C/C(=O)Nc3ccc(-c4cncn4CCC)cc3)c2)cc1. The normalized spacial score (nSPS) is 11.2. The number of halogens is 2. The van der Waals surface area contributed by atoms with Crippen molar-refractivity contribution < 1.29 is 23.0 Å². The first-order valence-electron chi connectivity index (χ1n) is 12.9. The number of rotatable bonds is 12. The molecule has 0 bridgehead atoms. The topological polar surface area (TPSA) is 65.4 Å². The van der Waals surface area contributed by atoms with Crippen molar-refractivity contribution >= 4 is 17.7 Å². The predicted octanol–water partition coefficient (Wildman–Crippen LogP) is 7.67. The highest BCUT2D eigenvalue weighted by Gasteiger charge is 2.11. The third kappa shape index (κ3) is 7.54. The predicted molar refractivity (Wildman–Crippen MR) is 150 cm³/mol. The number of benzene rings is 3. The third-order valence-corrected chi connectivity index (χ3v) is 5.93. The van der Waals surface area contributed by atoms with Crippen LogP contribution < -0.4 is 14.8 Å². The second kappa shape index (κ2) is 13.4. The lowest BCUT2D eigenvalue weighted by atomic mass is 10.0. The zero-order chi connectivity index (χ0) is 27.6. The molecule has 0 saturated heterocycles. The molecule has 3 aromatic carbocycles. The Kier molecular flexibility index (Phi) is 9.45. The van der Waals surface area contributed by atoms with Crippen molar-refractivity contribution in [2.75, 3.05) is 11.9 Å². The quantitative estimate of drug-likeness (QED) is 0.191. The number of ether oxygens (including phenoxy) is 2. The Morgan fingerprint density at radius 2 is 1.69 bits per heavy atom. The van der Waals surface area contributed by atoms with Crippen molar-refractivity contribution in [3.63, 3.8) is 0 Å². The van der Waals surface area contributed by atoms with E-state index < -0.39 is 12.5 Å². The first-order valence-corrected chi connectivity index (χ1v) is 12.9. The second-order valence-corrected chi connectivity index (χ2v) is 8.88. The Hall–Kier alpha value is -4.46. The summed E-state index contributed by atoms with van der Waals surface area (Å²) in [7, 11) is 0. The fraction of sp³-hybridized carbons (Fsp3) is 0.226. The summed E-state index contributed by atoms with van der Waals surface area (Å²) in [4.78, 5) is 16.9. The van der Waals surface area contributed by atoms with Gasteiger partial charge in [-0.15, -0.1) is 0 Å². The maximum absolute atomic E-state index is 13.0. The zero-order valence-corrected chi connectivity index (χ0v) is 21.9. The van der Waals surface area contributed by atoms with Gasteiger partial charge in [0, 0.05) is 23.9 Å². The van der Waals surface area contributed by atoms with Crippen LogP contribution in [0.5, 0.6) is 11.5 Å². The highest BCUT2D eigenvalue weighted by atomic mass is 19.3. The first kappa shape index (κ1) is 27.6. The Bertz CT molecular complexity index is 1400. The average molecular weight is 532 g/mol. The molecule has 6 nitrogen and oxygen atoms in total. The summed E-state index contributed by atoms with van der Waals surface area (Å²) in [6.07, 6.45) is 8.28. The number of alkyl halides is 2. The molecule has 0 aliphatic heterocycles. The minimum atomic E-state index is -2.99. The number of hydrogen-bond acceptors (Lipinski definition) is 4. The van der Waals surface area contributed by atoms with Gasteiger partial charge in [-0.2, -0.15) is 8.78 Å². The summed E-state index contributed by atoms with van der Waals surface area (Å²) >= 11 is 0. The summed E-state index contributed by atoms with van der Waals surface area (Å²) < 4.78 is 38.4. The smallest absolute Gasteiger partial charge is 0.387 e. The highest BCUT2D eigenvalue weighted by molar-refractivity contribution is 6.02. The van der Waals surface area contributed by atoms with Crippen molar-refractivity contribution in [3.05, 3.63) is 90.9 Å². The number of carbonyl (C=O) groups is 1. The molecule has 0 saturated carbocycles. The Labute approximate surface area is 226 Å². The number of amides is 1. The van der Waals surface area contributed by atoms with E-state index in [0.717, 1.165) is 47.5 Å². The van der Waals surface area contributed by atoms with Gasteiger partial charge in [-0.25, -0.2) is 4.98 Å². The molecule has 0 atom stereocenters. The Balaban J connectivity index is 1.48. The largest absolute Gasteiger partial charge is 0.494 e. The molecule has 202 valence electrons. The molecule has 1 N–H and O–H groups in total. The summed E-state index contributed by atoms with van der Waals surface area (Å²) in [5, 5.41) is 2.80. The molecule has 1 aromatic heterocycles. The monoisotopic (exact) mass is 531 g/mol. The lowest BCUT2D eigenvalue weighted by Crippen LogP contribution is -2.08. The van der Waals surface area contributed by atoms with Crippen LogP contribution in [0.4, 0.5) is 14.5 Å². The van der Waals surface area contributed by atoms with Crippen molar-refractivity contribution in [1.29, 1.82) is 0 Å². The summed E-state index contributed by atoms with van der Waals surface area (Å²) in [5.74, 6) is 0.341. The standard InChI is InChI=1S/C31H31F2N3O3/c1-3-17-36-21-34-20-28(36)23-5-11-26(12-6-23)35-30(37)16-10-25-19-24(9-15-29(25)39-31(32)33)22-7-13-27(14-8-22)38-18-4-2/h5-16,19-21,31H,3-4,17-18H2,1-2H3,(H,35,37)/b16-10+. The molecule has 4 aromatic rings. The van der Waals surface area contributed by atoms with Crippen LogP contribution in [0.25, 0.3) is 28.5 Å². The molecular formula is C31H31F2N3O3. The van der Waals surface area contributed by atoms with Crippen LogP contribution in [-0.2, 0) is 11.3 Å². The fourth-order valence-corrected chi connectivity index (χ4v) is 4.08. The van der Waals surface area contributed by atoms with Crippen molar-refractivity contribution in [3.8, 4) is 33.9 Å². The van der Waals surface area contributed by atoms with E-state index in [-0.39, 0.29) is 5.75 Å². The summed E-state index contributed by atoms with van der Waals surface area (Å²) in [6, 6.07) is 19.8. The molecule has 0 fully saturated rings. The lowest BCUT2D eigenvalue weighted by molar-refractivity contribution is -0.111. The van der Waals surface area contributed by atoms with Gasteiger partial charge < -0.3 is 19.4 Å². The van der Waals surface area contributed by atoms with Crippen LogP contribution in [0, 0.1) is 0 Å². The van der Waals surface area contributed by atoms with Crippen molar-refractivity contribution in [1.82, 2.24) is 9.55 Å². The molecule has 0 radical (unpaired) electrons. The van der Waals surface area contributed by atoms with Crippen LogP contribution in [0.15, 0.2) is 85.3 Å². The van der Waals surface area contributed by atoms with Gasteiger partial charge in [-0.05, 0) is 72.0 Å². The van der Waals surface area contributed by atoms with Crippen LogP contribution in [0.3, 0.4) is 0 Å². The van der Waals surface area contributed by atoms with E-state index in [1.165, 1.54) is 18.2 Å². The van der Waals surface area contributed by atoms with Crippen molar-refractivity contribution in [2.24, 2.45) is 0 Å². The molecule has 1 amide bonds. The number of aryl methyl sites for hydroxylation is 1. The maximum atomic E-state index is 13.0. The number of aromatic nitrogens is 2. The highest BCUT2D eigenvalue weighted by Crippen LogP contribution is 2.30. The van der Waals surface area contributed by atoms with Crippen LogP contribution in [-0.4, -0.2) is 28.7 Å². The van der Waals surface area contributed by atoms with E-state index in [4.69, 9.17) is 4.74 Å². The number of hydrogen-bond donors (Lipinski definition) is 1. The maximum Gasteiger partial charge on any atom is 0.387 e. The molecule has 4 rings (SSSR count). The number of anilines is 1. The minimum Gasteiger partial charge on any atom is -0.494 e. The van der Waals surface area contributed by atoms with Gasteiger partial charge in [0.15, 0.2) is 0 Å². The Morgan fingerprint density at radius 1 is 0.974 bits per heavy atom. The van der Waals surface area contributed by atoms with Gasteiger partial charge in [-0.1, -0.05) is 44.2 Å². The molecule has 0 aliphatic carbocycles. The van der Waals surface area contributed by atoms with Crippen molar-refractivity contribution in [2.45, 2.75) is 39.8 Å². The van der Waals surface area contributed by atoms with Crippen LogP contribution >= 0.6 is 0 Å². The van der Waals surface area contributed by atoms with E-state index >= 15 is 0 Å². The zero-order valence-electron chi connectivity index (χ0n) is 21.9. The number of carbonyl (C=O) groups excluding carboxylic acids is 1. The van der Waals surface area contributed by atoms with Crippen LogP contribution in [0.2, 0.25) is 0 Å². The summed E-state index contributed by atoms with van der Waals surface area (Å²) in [5.41, 5.74) is 4.62. The third-order valence-electron chi connectivity index (χ3n) is 5.93. The van der Waals surface area contributed by atoms with E-state index in [1.54, 1.807) is 18.5 Å². The summed E-state index contributed by atoms with van der Waals surface area (Å²) in [6.45, 7) is 2.66. The number of nitrogens with zero attached hydrogens (tertiary/aromatic N) is 2. The van der Waals surface area contributed by atoms with Gasteiger partial charge in [0.25, 0.3) is 0 Å².